The summed E-state index contributed by atoms with van der Waals surface area (Å²) in [7, 11) is 1.59. The topological polar surface area (TPSA) is 41.5 Å². The zero-order valence-electron chi connectivity index (χ0n) is 10.7. The van der Waals surface area contributed by atoms with E-state index in [2.05, 4.69) is 5.32 Å². The molecule has 3 nitrogen and oxygen atoms in total. The van der Waals surface area contributed by atoms with Gasteiger partial charge in [-0.25, -0.2) is 0 Å². The summed E-state index contributed by atoms with van der Waals surface area (Å²) in [5.74, 6) is 0.671. The van der Waals surface area contributed by atoms with Crippen LogP contribution in [0.5, 0.6) is 5.75 Å². The van der Waals surface area contributed by atoms with Crippen molar-refractivity contribution in [2.24, 2.45) is 0 Å². The highest BCUT2D eigenvalue weighted by atomic mass is 35.5. The van der Waals surface area contributed by atoms with Crippen molar-refractivity contribution in [2.45, 2.75) is 39.0 Å². The van der Waals surface area contributed by atoms with Crippen LogP contribution >= 0.6 is 11.6 Å². The van der Waals surface area contributed by atoms with Gasteiger partial charge in [0.05, 0.1) is 18.2 Å². The third-order valence-electron chi connectivity index (χ3n) is 3.01. The molecule has 1 aromatic carbocycles. The lowest BCUT2D eigenvalue weighted by Gasteiger charge is -2.29. The van der Waals surface area contributed by atoms with Gasteiger partial charge in [-0.15, -0.1) is 0 Å². The second-order valence-corrected chi connectivity index (χ2v) is 5.13. The Balaban J connectivity index is 2.67. The molecule has 0 bridgehead atoms. The highest BCUT2D eigenvalue weighted by Gasteiger charge is 2.22. The summed E-state index contributed by atoms with van der Waals surface area (Å²) in [5, 5.41) is 13.5. The van der Waals surface area contributed by atoms with E-state index in [0.717, 1.165) is 5.56 Å². The molecule has 0 saturated heterocycles. The number of nitrogens with one attached hydrogen (secondary N) is 1. The number of aliphatic hydroxyl groups is 1. The summed E-state index contributed by atoms with van der Waals surface area (Å²) < 4.78 is 5.09. The van der Waals surface area contributed by atoms with Crippen molar-refractivity contribution < 1.29 is 9.84 Å². The Hall–Kier alpha value is -0.770. The zero-order valence-corrected chi connectivity index (χ0v) is 11.5. The minimum atomic E-state index is -0.420. The van der Waals surface area contributed by atoms with Gasteiger partial charge in [-0.2, -0.15) is 0 Å². The number of methoxy groups -OCH3 is 1. The first-order chi connectivity index (χ1) is 7.86. The molecule has 0 saturated carbocycles. The fourth-order valence-electron chi connectivity index (χ4n) is 1.30. The number of halogens is 1. The van der Waals surface area contributed by atoms with Gasteiger partial charge < -0.3 is 15.2 Å². The molecular formula is C13H20ClNO2. The van der Waals surface area contributed by atoms with E-state index in [9.17, 15) is 5.11 Å². The van der Waals surface area contributed by atoms with Crippen LogP contribution in [0.15, 0.2) is 18.2 Å². The predicted molar refractivity (Wildman–Crippen MR) is 70.6 cm³/mol. The molecule has 0 radical (unpaired) electrons. The number of aliphatic hydroxyl groups excluding tert-OH is 1. The fraction of sp³-hybridized carbons (Fsp3) is 0.538. The highest BCUT2D eigenvalue weighted by molar-refractivity contribution is 6.32. The van der Waals surface area contributed by atoms with Crippen LogP contribution in [0.3, 0.4) is 0 Å². The van der Waals surface area contributed by atoms with Crippen molar-refractivity contribution in [3.05, 3.63) is 28.8 Å². The first kappa shape index (κ1) is 14.3. The minimum Gasteiger partial charge on any atom is -0.495 e. The van der Waals surface area contributed by atoms with Crippen LogP contribution in [0.4, 0.5) is 0 Å². The third-order valence-corrected chi connectivity index (χ3v) is 3.30. The van der Waals surface area contributed by atoms with E-state index in [0.29, 0.717) is 17.3 Å². The Bertz CT molecular complexity index is 378. The molecule has 2 N–H and O–H groups in total. The van der Waals surface area contributed by atoms with Crippen molar-refractivity contribution in [3.8, 4) is 5.75 Å². The molecule has 1 rings (SSSR count). The molecular weight excluding hydrogens is 238 g/mol. The van der Waals surface area contributed by atoms with Gasteiger partial charge in [0, 0.05) is 12.1 Å². The standard InChI is InChI=1S/C13H20ClNO2/c1-9(16)13(2,3)15-8-10-5-6-12(17-4)11(14)7-10/h5-7,9,15-16H,8H2,1-4H3. The largest absolute Gasteiger partial charge is 0.495 e. The summed E-state index contributed by atoms with van der Waals surface area (Å²) in [4.78, 5) is 0. The molecule has 0 aliphatic carbocycles. The van der Waals surface area contributed by atoms with E-state index in [4.69, 9.17) is 16.3 Å². The van der Waals surface area contributed by atoms with Gasteiger partial charge in [0.1, 0.15) is 5.75 Å². The number of benzene rings is 1. The van der Waals surface area contributed by atoms with Crippen molar-refractivity contribution in [1.82, 2.24) is 5.32 Å². The van der Waals surface area contributed by atoms with Crippen LogP contribution in [0.2, 0.25) is 5.02 Å². The van der Waals surface area contributed by atoms with Gasteiger partial charge in [-0.3, -0.25) is 0 Å². The summed E-state index contributed by atoms with van der Waals surface area (Å²) >= 11 is 6.04. The van der Waals surface area contributed by atoms with Crippen LogP contribution in [0, 0.1) is 0 Å². The van der Waals surface area contributed by atoms with Gasteiger partial charge in [0.25, 0.3) is 0 Å². The van der Waals surface area contributed by atoms with Gasteiger partial charge >= 0.3 is 0 Å². The molecule has 0 heterocycles. The van der Waals surface area contributed by atoms with Gasteiger partial charge in [0.2, 0.25) is 0 Å². The Kier molecular flexibility index (Phi) is 4.80. The summed E-state index contributed by atoms with van der Waals surface area (Å²) in [6, 6.07) is 5.66. The second-order valence-electron chi connectivity index (χ2n) is 4.72. The molecule has 0 aromatic heterocycles. The van der Waals surface area contributed by atoms with Crippen LogP contribution in [0.1, 0.15) is 26.3 Å². The van der Waals surface area contributed by atoms with Crippen molar-refractivity contribution in [1.29, 1.82) is 0 Å². The van der Waals surface area contributed by atoms with Gasteiger partial charge in [-0.05, 0) is 38.5 Å². The average molecular weight is 258 g/mol. The molecule has 0 amide bonds. The smallest absolute Gasteiger partial charge is 0.137 e. The maximum Gasteiger partial charge on any atom is 0.137 e. The first-order valence-electron chi connectivity index (χ1n) is 5.62. The van der Waals surface area contributed by atoms with Crippen LogP contribution in [-0.4, -0.2) is 23.9 Å². The van der Waals surface area contributed by atoms with Crippen molar-refractivity contribution >= 4 is 11.6 Å². The third kappa shape index (κ3) is 3.87. The Morgan fingerprint density at radius 2 is 2.12 bits per heavy atom. The molecule has 0 spiro atoms. The second kappa shape index (κ2) is 5.71. The maximum atomic E-state index is 9.59. The van der Waals surface area contributed by atoms with Gasteiger partial charge in [0.15, 0.2) is 0 Å². The lowest BCUT2D eigenvalue weighted by Crippen LogP contribution is -2.47. The highest BCUT2D eigenvalue weighted by Crippen LogP contribution is 2.25. The van der Waals surface area contributed by atoms with Crippen LogP contribution < -0.4 is 10.1 Å². The lowest BCUT2D eigenvalue weighted by atomic mass is 9.98. The lowest BCUT2D eigenvalue weighted by molar-refractivity contribution is 0.0956. The van der Waals surface area contributed by atoms with E-state index in [1.54, 1.807) is 14.0 Å². The van der Waals surface area contributed by atoms with Crippen LogP contribution in [0.25, 0.3) is 0 Å². The number of hydrogen-bond acceptors (Lipinski definition) is 3. The Labute approximate surface area is 108 Å². The normalized spacial score (nSPS) is 13.5. The van der Waals surface area contributed by atoms with Crippen molar-refractivity contribution in [2.75, 3.05) is 7.11 Å². The van der Waals surface area contributed by atoms with E-state index in [1.807, 2.05) is 32.0 Å². The quantitative estimate of drug-likeness (QED) is 0.852. The molecule has 4 heteroatoms. The first-order valence-corrected chi connectivity index (χ1v) is 6.00. The Morgan fingerprint density at radius 1 is 1.47 bits per heavy atom. The molecule has 1 atom stereocenters. The molecule has 1 unspecified atom stereocenters. The molecule has 1 aromatic rings. The molecule has 96 valence electrons. The van der Waals surface area contributed by atoms with E-state index < -0.39 is 6.10 Å². The SMILES string of the molecule is COc1ccc(CNC(C)(C)C(C)O)cc1Cl. The van der Waals surface area contributed by atoms with Crippen LogP contribution in [-0.2, 0) is 6.54 Å². The zero-order chi connectivity index (χ0) is 13.1. The summed E-state index contributed by atoms with van der Waals surface area (Å²) in [5.41, 5.74) is 0.733. The maximum absolute atomic E-state index is 9.59. The van der Waals surface area contributed by atoms with E-state index >= 15 is 0 Å². The van der Waals surface area contributed by atoms with Crippen molar-refractivity contribution in [3.63, 3.8) is 0 Å². The Morgan fingerprint density at radius 3 is 2.59 bits per heavy atom. The average Bonchev–Trinajstić information content (AvgIpc) is 2.26. The molecule has 0 aliphatic rings. The summed E-state index contributed by atoms with van der Waals surface area (Å²) in [6.45, 7) is 6.35. The number of ether oxygens (including phenoxy) is 1. The minimum absolute atomic E-state index is 0.327. The summed E-state index contributed by atoms with van der Waals surface area (Å²) in [6.07, 6.45) is -0.420. The molecule has 17 heavy (non-hydrogen) atoms. The fourth-order valence-corrected chi connectivity index (χ4v) is 1.58. The number of rotatable bonds is 5. The van der Waals surface area contributed by atoms with E-state index in [1.165, 1.54) is 0 Å². The van der Waals surface area contributed by atoms with E-state index in [-0.39, 0.29) is 5.54 Å². The monoisotopic (exact) mass is 257 g/mol. The number of hydrogen-bond donors (Lipinski definition) is 2. The molecule has 0 fully saturated rings. The van der Waals surface area contributed by atoms with Gasteiger partial charge in [-0.1, -0.05) is 17.7 Å². The molecule has 0 aliphatic heterocycles. The predicted octanol–water partition coefficient (Wildman–Crippen LogP) is 2.60.